The molecular formula is C20H25N3O3S. The molecule has 1 fully saturated rings. The summed E-state index contributed by atoms with van der Waals surface area (Å²) in [5, 5.41) is 8.62. The lowest BCUT2D eigenvalue weighted by Gasteiger charge is -2.22. The number of anilines is 2. The fourth-order valence-corrected chi connectivity index (χ4v) is 4.02. The number of hydrogen-bond acceptors (Lipinski definition) is 6. The predicted molar refractivity (Wildman–Crippen MR) is 106 cm³/mol. The van der Waals surface area contributed by atoms with Crippen molar-refractivity contribution in [2.24, 2.45) is 5.92 Å². The second-order valence-electron chi connectivity index (χ2n) is 6.97. The first kappa shape index (κ1) is 19.4. The van der Waals surface area contributed by atoms with Gasteiger partial charge in [-0.25, -0.2) is 9.78 Å². The molecule has 27 heavy (non-hydrogen) atoms. The Bertz CT molecular complexity index is 782. The highest BCUT2D eigenvalue weighted by atomic mass is 32.1. The number of nitrogens with one attached hydrogen (secondary N) is 2. The summed E-state index contributed by atoms with van der Waals surface area (Å²) in [6, 6.07) is 7.49. The van der Waals surface area contributed by atoms with Gasteiger partial charge in [0.2, 0.25) is 5.91 Å². The van der Waals surface area contributed by atoms with Crippen molar-refractivity contribution in [3.63, 3.8) is 0 Å². The molecule has 1 aliphatic rings. The Morgan fingerprint density at radius 1 is 1.26 bits per heavy atom. The van der Waals surface area contributed by atoms with Crippen LogP contribution in [0, 0.1) is 12.8 Å². The summed E-state index contributed by atoms with van der Waals surface area (Å²) < 4.78 is 5.45. The van der Waals surface area contributed by atoms with E-state index in [2.05, 4.69) is 15.6 Å². The van der Waals surface area contributed by atoms with Gasteiger partial charge in [-0.3, -0.25) is 4.79 Å². The van der Waals surface area contributed by atoms with Crippen LogP contribution in [0.15, 0.2) is 29.6 Å². The topological polar surface area (TPSA) is 80.3 Å². The summed E-state index contributed by atoms with van der Waals surface area (Å²) in [7, 11) is 0. The van der Waals surface area contributed by atoms with E-state index in [-0.39, 0.29) is 24.4 Å². The number of thiazole rings is 1. The molecule has 7 heteroatoms. The standard InChI is InChI=1S/C20H25N3O3S/c1-13-7-9-16(10-8-13)22-20-23-17(12-27-20)11-26-19(25)18(21-14(2)24)15-5-3-4-6-15/h7-10,12,15,18H,3-6,11H2,1-2H3,(H,21,24)(H,22,23)/t18-/m1/s1. The lowest BCUT2D eigenvalue weighted by molar-refractivity contribution is -0.150. The van der Waals surface area contributed by atoms with Gasteiger partial charge in [0, 0.05) is 18.0 Å². The van der Waals surface area contributed by atoms with Crippen molar-refractivity contribution in [1.82, 2.24) is 10.3 Å². The van der Waals surface area contributed by atoms with Crippen LogP contribution in [0.5, 0.6) is 0 Å². The van der Waals surface area contributed by atoms with Crippen molar-refractivity contribution in [1.29, 1.82) is 0 Å². The van der Waals surface area contributed by atoms with E-state index in [1.54, 1.807) is 0 Å². The minimum atomic E-state index is -0.561. The van der Waals surface area contributed by atoms with E-state index >= 15 is 0 Å². The monoisotopic (exact) mass is 387 g/mol. The van der Waals surface area contributed by atoms with Crippen molar-refractivity contribution in [2.45, 2.75) is 52.2 Å². The normalized spacial score (nSPS) is 15.3. The number of esters is 1. The summed E-state index contributed by atoms with van der Waals surface area (Å²) in [6.07, 6.45) is 4.07. The van der Waals surface area contributed by atoms with Crippen LogP contribution in [0.2, 0.25) is 0 Å². The average Bonchev–Trinajstić information content (AvgIpc) is 3.31. The van der Waals surface area contributed by atoms with Crippen LogP contribution in [0.25, 0.3) is 0 Å². The Morgan fingerprint density at radius 3 is 2.63 bits per heavy atom. The molecular weight excluding hydrogens is 362 g/mol. The summed E-state index contributed by atoms with van der Waals surface area (Å²) >= 11 is 1.46. The van der Waals surface area contributed by atoms with Gasteiger partial charge in [0.1, 0.15) is 12.6 Å². The Hall–Kier alpha value is -2.41. The van der Waals surface area contributed by atoms with Crippen LogP contribution >= 0.6 is 11.3 Å². The van der Waals surface area contributed by atoms with Gasteiger partial charge in [0.05, 0.1) is 5.69 Å². The van der Waals surface area contributed by atoms with E-state index in [0.29, 0.717) is 5.69 Å². The maximum atomic E-state index is 12.5. The van der Waals surface area contributed by atoms with E-state index < -0.39 is 6.04 Å². The Kier molecular flexibility index (Phi) is 6.45. The third-order valence-electron chi connectivity index (χ3n) is 4.70. The molecule has 2 N–H and O–H groups in total. The Morgan fingerprint density at radius 2 is 1.96 bits per heavy atom. The zero-order valence-electron chi connectivity index (χ0n) is 15.7. The van der Waals surface area contributed by atoms with Gasteiger partial charge < -0.3 is 15.4 Å². The first-order valence-corrected chi connectivity index (χ1v) is 10.1. The SMILES string of the molecule is CC(=O)N[C@@H](C(=O)OCc1csc(Nc2ccc(C)cc2)n1)C1CCCC1. The molecule has 1 aromatic carbocycles. The summed E-state index contributed by atoms with van der Waals surface area (Å²) in [5.41, 5.74) is 2.85. The largest absolute Gasteiger partial charge is 0.458 e. The van der Waals surface area contributed by atoms with Crippen molar-refractivity contribution < 1.29 is 14.3 Å². The molecule has 0 unspecified atom stereocenters. The zero-order chi connectivity index (χ0) is 19.2. The van der Waals surface area contributed by atoms with Crippen LogP contribution in [-0.2, 0) is 20.9 Å². The van der Waals surface area contributed by atoms with Gasteiger partial charge in [-0.1, -0.05) is 30.5 Å². The summed E-state index contributed by atoms with van der Waals surface area (Å²) in [6.45, 7) is 3.58. The van der Waals surface area contributed by atoms with Crippen LogP contribution < -0.4 is 10.6 Å². The molecule has 1 heterocycles. The third kappa shape index (κ3) is 5.53. The highest BCUT2D eigenvalue weighted by Crippen LogP contribution is 2.28. The molecule has 6 nitrogen and oxygen atoms in total. The van der Waals surface area contributed by atoms with Crippen molar-refractivity contribution >= 4 is 34.0 Å². The minimum absolute atomic E-state index is 0.105. The number of carbonyl (C=O) groups excluding carboxylic acids is 2. The second-order valence-corrected chi connectivity index (χ2v) is 7.82. The smallest absolute Gasteiger partial charge is 0.329 e. The molecule has 1 amide bonds. The van der Waals surface area contributed by atoms with Gasteiger partial charge in [-0.15, -0.1) is 11.3 Å². The van der Waals surface area contributed by atoms with Gasteiger partial charge in [-0.2, -0.15) is 0 Å². The van der Waals surface area contributed by atoms with E-state index in [9.17, 15) is 9.59 Å². The number of carbonyl (C=O) groups is 2. The molecule has 1 saturated carbocycles. The lowest BCUT2D eigenvalue weighted by Crippen LogP contribution is -2.45. The van der Waals surface area contributed by atoms with Gasteiger partial charge in [0.25, 0.3) is 0 Å². The van der Waals surface area contributed by atoms with Gasteiger partial charge in [-0.05, 0) is 37.8 Å². The molecule has 3 rings (SSSR count). The van der Waals surface area contributed by atoms with E-state index in [1.807, 2.05) is 36.6 Å². The van der Waals surface area contributed by atoms with Crippen molar-refractivity contribution in [3.05, 3.63) is 40.9 Å². The van der Waals surface area contributed by atoms with E-state index in [0.717, 1.165) is 36.5 Å². The molecule has 1 aliphatic carbocycles. The molecule has 1 atom stereocenters. The number of amides is 1. The van der Waals surface area contributed by atoms with Gasteiger partial charge in [0.15, 0.2) is 5.13 Å². The zero-order valence-corrected chi connectivity index (χ0v) is 16.5. The van der Waals surface area contributed by atoms with Crippen LogP contribution in [-0.4, -0.2) is 22.9 Å². The first-order valence-electron chi connectivity index (χ1n) is 9.23. The quantitative estimate of drug-likeness (QED) is 0.704. The molecule has 0 spiro atoms. The number of nitrogens with zero attached hydrogens (tertiary/aromatic N) is 1. The van der Waals surface area contributed by atoms with Crippen LogP contribution in [0.1, 0.15) is 43.9 Å². The predicted octanol–water partition coefficient (Wildman–Crippen LogP) is 3.93. The maximum Gasteiger partial charge on any atom is 0.329 e. The van der Waals surface area contributed by atoms with Crippen molar-refractivity contribution in [2.75, 3.05) is 5.32 Å². The number of hydrogen-bond donors (Lipinski definition) is 2. The second kappa shape index (κ2) is 8.99. The molecule has 0 aliphatic heterocycles. The lowest BCUT2D eigenvalue weighted by atomic mass is 9.98. The van der Waals surface area contributed by atoms with Crippen molar-refractivity contribution in [3.8, 4) is 0 Å². The molecule has 0 bridgehead atoms. The Balaban J connectivity index is 1.55. The van der Waals surface area contributed by atoms with Gasteiger partial charge >= 0.3 is 5.97 Å². The number of benzene rings is 1. The molecule has 144 valence electrons. The fourth-order valence-electron chi connectivity index (χ4n) is 3.30. The molecule has 0 radical (unpaired) electrons. The van der Waals surface area contributed by atoms with Crippen LogP contribution in [0.3, 0.4) is 0 Å². The highest BCUT2D eigenvalue weighted by Gasteiger charge is 2.32. The number of rotatable bonds is 7. The molecule has 0 saturated heterocycles. The number of aromatic nitrogens is 1. The summed E-state index contributed by atoms with van der Waals surface area (Å²) in [5.74, 6) is -0.421. The maximum absolute atomic E-state index is 12.5. The molecule has 2 aromatic rings. The minimum Gasteiger partial charge on any atom is -0.458 e. The number of ether oxygens (including phenoxy) is 1. The average molecular weight is 388 g/mol. The summed E-state index contributed by atoms with van der Waals surface area (Å²) in [4.78, 5) is 28.4. The van der Waals surface area contributed by atoms with Crippen LogP contribution in [0.4, 0.5) is 10.8 Å². The van der Waals surface area contributed by atoms with E-state index in [1.165, 1.54) is 23.8 Å². The first-order chi connectivity index (χ1) is 13.0. The fraction of sp³-hybridized carbons (Fsp3) is 0.450. The highest BCUT2D eigenvalue weighted by molar-refractivity contribution is 7.13. The third-order valence-corrected chi connectivity index (χ3v) is 5.51. The van der Waals surface area contributed by atoms with E-state index in [4.69, 9.17) is 4.74 Å². The molecule has 1 aromatic heterocycles. The number of aryl methyl sites for hydroxylation is 1. The Labute approximate surface area is 163 Å².